The Morgan fingerprint density at radius 2 is 2.11 bits per heavy atom. The summed E-state index contributed by atoms with van der Waals surface area (Å²) in [6, 6.07) is 1.78. The van der Waals surface area contributed by atoms with Gasteiger partial charge in [-0.05, 0) is 32.8 Å². The van der Waals surface area contributed by atoms with E-state index < -0.39 is 5.82 Å². The maximum atomic E-state index is 13.5. The van der Waals surface area contributed by atoms with Crippen molar-refractivity contribution in [2.45, 2.75) is 38.8 Å². The quantitative estimate of drug-likeness (QED) is 0.845. The average molecular weight is 273 g/mol. The molecule has 0 unspecified atom stereocenters. The molecule has 1 aromatic rings. The average Bonchev–Trinajstić information content (AvgIpc) is 2.33. The molecular formula is C13H18ClFN2O. The summed E-state index contributed by atoms with van der Waals surface area (Å²) >= 11 is 5.65. The lowest BCUT2D eigenvalue weighted by molar-refractivity contribution is 0.0782. The van der Waals surface area contributed by atoms with Crippen LogP contribution in [-0.2, 0) is 0 Å². The summed E-state index contributed by atoms with van der Waals surface area (Å²) in [5, 5.41) is 0.287. The Morgan fingerprint density at radius 3 is 2.67 bits per heavy atom. The summed E-state index contributed by atoms with van der Waals surface area (Å²) in [4.78, 5) is 6.28. The van der Waals surface area contributed by atoms with Crippen LogP contribution in [-0.4, -0.2) is 35.1 Å². The van der Waals surface area contributed by atoms with Crippen LogP contribution in [0.1, 0.15) is 26.7 Å². The molecule has 0 aromatic carbocycles. The summed E-state index contributed by atoms with van der Waals surface area (Å²) < 4.78 is 19.1. The minimum Gasteiger partial charge on any atom is -0.472 e. The minimum absolute atomic E-state index is 0.0446. The van der Waals surface area contributed by atoms with Gasteiger partial charge in [-0.3, -0.25) is 0 Å². The zero-order chi connectivity index (χ0) is 13.1. The third-order valence-corrected chi connectivity index (χ3v) is 3.47. The molecule has 18 heavy (non-hydrogen) atoms. The fraction of sp³-hybridized carbons (Fsp3) is 0.615. The lowest BCUT2D eigenvalue weighted by Crippen LogP contribution is -2.41. The van der Waals surface area contributed by atoms with E-state index in [0.717, 1.165) is 25.9 Å². The first-order chi connectivity index (χ1) is 8.56. The number of aromatic nitrogens is 1. The van der Waals surface area contributed by atoms with Crippen LogP contribution in [0.5, 0.6) is 5.88 Å². The highest BCUT2D eigenvalue weighted by Gasteiger charge is 2.23. The Bertz CT molecular complexity index is 406. The zero-order valence-corrected chi connectivity index (χ0v) is 11.5. The van der Waals surface area contributed by atoms with E-state index in [1.807, 2.05) is 0 Å². The van der Waals surface area contributed by atoms with Crippen molar-refractivity contribution in [2.24, 2.45) is 0 Å². The van der Waals surface area contributed by atoms with Crippen molar-refractivity contribution >= 4 is 11.6 Å². The molecule has 1 aliphatic rings. The van der Waals surface area contributed by atoms with E-state index in [0.29, 0.717) is 6.04 Å². The van der Waals surface area contributed by atoms with Crippen LogP contribution in [0, 0.1) is 5.82 Å². The molecule has 2 heterocycles. The van der Waals surface area contributed by atoms with Gasteiger partial charge >= 0.3 is 0 Å². The largest absolute Gasteiger partial charge is 0.472 e. The van der Waals surface area contributed by atoms with Crippen molar-refractivity contribution in [2.75, 3.05) is 13.1 Å². The number of ether oxygens (including phenoxy) is 1. The molecule has 0 saturated carbocycles. The fourth-order valence-corrected chi connectivity index (χ4v) is 2.30. The summed E-state index contributed by atoms with van der Waals surface area (Å²) in [5.41, 5.74) is 0. The second-order valence-corrected chi connectivity index (χ2v) is 5.32. The first-order valence-corrected chi connectivity index (χ1v) is 6.66. The maximum absolute atomic E-state index is 13.5. The number of rotatable bonds is 3. The molecule has 0 radical (unpaired) electrons. The van der Waals surface area contributed by atoms with E-state index in [1.54, 1.807) is 0 Å². The van der Waals surface area contributed by atoms with Gasteiger partial charge in [-0.1, -0.05) is 11.6 Å². The van der Waals surface area contributed by atoms with Crippen LogP contribution in [0.15, 0.2) is 12.3 Å². The molecule has 2 rings (SSSR count). The molecule has 1 saturated heterocycles. The van der Waals surface area contributed by atoms with Crippen molar-refractivity contribution in [1.29, 1.82) is 0 Å². The molecule has 5 heteroatoms. The Hall–Kier alpha value is -0.870. The molecule has 0 bridgehead atoms. The van der Waals surface area contributed by atoms with Crippen molar-refractivity contribution in [1.82, 2.24) is 9.88 Å². The molecule has 1 fully saturated rings. The molecule has 0 aliphatic carbocycles. The number of nitrogens with zero attached hydrogens (tertiary/aromatic N) is 2. The van der Waals surface area contributed by atoms with E-state index in [2.05, 4.69) is 23.7 Å². The second kappa shape index (κ2) is 5.85. The van der Waals surface area contributed by atoms with Gasteiger partial charge in [0.15, 0.2) is 5.82 Å². The van der Waals surface area contributed by atoms with E-state index in [1.165, 1.54) is 12.3 Å². The standard InChI is InChI=1S/C13H18ClFN2O/c1-9(2)17-5-3-11(4-6-17)18-13-12(15)7-10(14)8-16-13/h7-9,11H,3-6H2,1-2H3. The Kier molecular flexibility index (Phi) is 4.40. The summed E-state index contributed by atoms with van der Waals surface area (Å²) in [6.07, 6.45) is 3.26. The normalized spacial score (nSPS) is 18.3. The highest BCUT2D eigenvalue weighted by Crippen LogP contribution is 2.22. The van der Waals surface area contributed by atoms with Crippen LogP contribution < -0.4 is 4.74 Å². The molecule has 100 valence electrons. The number of pyridine rings is 1. The molecule has 0 N–H and O–H groups in total. The Labute approximate surface area is 112 Å². The van der Waals surface area contributed by atoms with Gasteiger partial charge in [0.1, 0.15) is 6.10 Å². The minimum atomic E-state index is -0.492. The van der Waals surface area contributed by atoms with E-state index in [4.69, 9.17) is 16.3 Å². The van der Waals surface area contributed by atoms with E-state index in [-0.39, 0.29) is 17.0 Å². The summed E-state index contributed by atoms with van der Waals surface area (Å²) in [5.74, 6) is -0.434. The predicted molar refractivity (Wildman–Crippen MR) is 69.6 cm³/mol. The molecule has 0 atom stereocenters. The van der Waals surface area contributed by atoms with Gasteiger partial charge in [-0.25, -0.2) is 9.37 Å². The second-order valence-electron chi connectivity index (χ2n) is 4.89. The Balaban J connectivity index is 1.91. The zero-order valence-electron chi connectivity index (χ0n) is 10.7. The van der Waals surface area contributed by atoms with Crippen molar-refractivity contribution in [3.63, 3.8) is 0 Å². The SMILES string of the molecule is CC(C)N1CCC(Oc2ncc(Cl)cc2F)CC1. The van der Waals surface area contributed by atoms with Gasteiger partial charge in [0.25, 0.3) is 5.88 Å². The van der Waals surface area contributed by atoms with E-state index >= 15 is 0 Å². The van der Waals surface area contributed by atoms with Crippen molar-refractivity contribution in [3.8, 4) is 5.88 Å². The molecule has 1 aliphatic heterocycles. The van der Waals surface area contributed by atoms with Gasteiger partial charge in [-0.15, -0.1) is 0 Å². The third kappa shape index (κ3) is 3.33. The number of piperidine rings is 1. The highest BCUT2D eigenvalue weighted by atomic mass is 35.5. The van der Waals surface area contributed by atoms with Crippen LogP contribution in [0.4, 0.5) is 4.39 Å². The van der Waals surface area contributed by atoms with Crippen molar-refractivity contribution in [3.05, 3.63) is 23.1 Å². The maximum Gasteiger partial charge on any atom is 0.250 e. The molecule has 0 amide bonds. The topological polar surface area (TPSA) is 25.4 Å². The number of hydrogen-bond acceptors (Lipinski definition) is 3. The monoisotopic (exact) mass is 272 g/mol. The first kappa shape index (κ1) is 13.6. The van der Waals surface area contributed by atoms with Gasteiger partial charge in [0, 0.05) is 25.3 Å². The van der Waals surface area contributed by atoms with Gasteiger partial charge < -0.3 is 9.64 Å². The number of halogens is 2. The van der Waals surface area contributed by atoms with E-state index in [9.17, 15) is 4.39 Å². The van der Waals surface area contributed by atoms with Gasteiger partial charge in [0.05, 0.1) is 5.02 Å². The lowest BCUT2D eigenvalue weighted by Gasteiger charge is -2.34. The number of likely N-dealkylation sites (tertiary alicyclic amines) is 1. The Morgan fingerprint density at radius 1 is 1.44 bits per heavy atom. The fourth-order valence-electron chi connectivity index (χ4n) is 2.16. The van der Waals surface area contributed by atoms with Gasteiger partial charge in [0.2, 0.25) is 0 Å². The highest BCUT2D eigenvalue weighted by molar-refractivity contribution is 6.30. The molecule has 1 aromatic heterocycles. The van der Waals surface area contributed by atoms with Crippen LogP contribution >= 0.6 is 11.6 Å². The van der Waals surface area contributed by atoms with Crippen LogP contribution in [0.3, 0.4) is 0 Å². The first-order valence-electron chi connectivity index (χ1n) is 6.28. The third-order valence-electron chi connectivity index (χ3n) is 3.26. The number of hydrogen-bond donors (Lipinski definition) is 0. The van der Waals surface area contributed by atoms with Crippen LogP contribution in [0.25, 0.3) is 0 Å². The molecular weight excluding hydrogens is 255 g/mol. The van der Waals surface area contributed by atoms with Crippen molar-refractivity contribution < 1.29 is 9.13 Å². The molecule has 3 nitrogen and oxygen atoms in total. The lowest BCUT2D eigenvalue weighted by atomic mass is 10.1. The summed E-state index contributed by atoms with van der Waals surface area (Å²) in [6.45, 7) is 6.33. The van der Waals surface area contributed by atoms with Crippen LogP contribution in [0.2, 0.25) is 5.02 Å². The smallest absolute Gasteiger partial charge is 0.250 e. The molecule has 0 spiro atoms. The summed E-state index contributed by atoms with van der Waals surface area (Å²) in [7, 11) is 0. The van der Waals surface area contributed by atoms with Gasteiger partial charge in [-0.2, -0.15) is 0 Å². The predicted octanol–water partition coefficient (Wildman–Crippen LogP) is 3.13.